The average molecular weight is 543 g/mol. The van der Waals surface area contributed by atoms with E-state index in [1.54, 1.807) is 37.7 Å². The van der Waals surface area contributed by atoms with E-state index in [-0.39, 0.29) is 24.5 Å². The fourth-order valence-electron chi connectivity index (χ4n) is 3.28. The van der Waals surface area contributed by atoms with E-state index in [0.717, 1.165) is 0 Å². The predicted molar refractivity (Wildman–Crippen MR) is 144 cm³/mol. The maximum absolute atomic E-state index is 13.2. The summed E-state index contributed by atoms with van der Waals surface area (Å²) >= 11 is 3.02. The van der Waals surface area contributed by atoms with Gasteiger partial charge >= 0.3 is 5.97 Å². The van der Waals surface area contributed by atoms with E-state index >= 15 is 0 Å². The van der Waals surface area contributed by atoms with E-state index < -0.39 is 47.9 Å². The number of carboxylic acid groups (broad SMARTS) is 1. The fourth-order valence-corrected chi connectivity index (χ4v) is 4.24. The number of aromatic hydroxyl groups is 1. The Hall–Kier alpha value is -2.44. The maximum atomic E-state index is 13.2. The zero-order valence-electron chi connectivity index (χ0n) is 21.2. The molecule has 1 aromatic rings. The van der Waals surface area contributed by atoms with Crippen molar-refractivity contribution >= 4 is 47.2 Å². The molecule has 7 N–H and O–H groups in total. The number of phenols is 1. The van der Waals surface area contributed by atoms with E-state index in [1.807, 2.05) is 12.5 Å². The topological polar surface area (TPSA) is 171 Å². The summed E-state index contributed by atoms with van der Waals surface area (Å²) in [4.78, 5) is 50.5. The number of rotatable bonds is 16. The molecule has 12 heteroatoms. The van der Waals surface area contributed by atoms with Gasteiger partial charge in [-0.05, 0) is 60.5 Å². The lowest BCUT2D eigenvalue weighted by atomic mass is 10.00. The number of carboxylic acids is 1. The van der Waals surface area contributed by atoms with Crippen LogP contribution in [-0.4, -0.2) is 82.1 Å². The van der Waals surface area contributed by atoms with Crippen molar-refractivity contribution in [2.75, 3.05) is 24.0 Å². The van der Waals surface area contributed by atoms with Gasteiger partial charge in [-0.3, -0.25) is 14.4 Å². The molecule has 1 rings (SSSR count). The Morgan fingerprint density at radius 3 is 1.94 bits per heavy atom. The Kier molecular flexibility index (Phi) is 14.3. The molecule has 0 aromatic heterocycles. The number of hydrogen-bond donors (Lipinski definition) is 6. The van der Waals surface area contributed by atoms with Crippen LogP contribution in [0.4, 0.5) is 0 Å². The Morgan fingerprint density at radius 2 is 1.42 bits per heavy atom. The Bertz CT molecular complexity index is 869. The van der Waals surface area contributed by atoms with Gasteiger partial charge in [0.2, 0.25) is 17.7 Å². The van der Waals surface area contributed by atoms with Gasteiger partial charge in [0.25, 0.3) is 0 Å². The van der Waals surface area contributed by atoms with Crippen LogP contribution >= 0.6 is 23.5 Å². The molecule has 0 radical (unpaired) electrons. The molecule has 0 aliphatic rings. The van der Waals surface area contributed by atoms with Crippen LogP contribution in [0.3, 0.4) is 0 Å². The molecule has 0 aliphatic heterocycles. The number of carbonyl (C=O) groups excluding carboxylic acids is 3. The average Bonchev–Trinajstić information content (AvgIpc) is 2.83. The Morgan fingerprint density at radius 1 is 0.861 bits per heavy atom. The highest BCUT2D eigenvalue weighted by atomic mass is 32.2. The predicted octanol–water partition coefficient (Wildman–Crippen LogP) is 0.963. The van der Waals surface area contributed by atoms with Crippen LogP contribution in [0.1, 0.15) is 32.3 Å². The summed E-state index contributed by atoms with van der Waals surface area (Å²) in [6.07, 6.45) is 4.48. The first-order valence-corrected chi connectivity index (χ1v) is 14.4. The van der Waals surface area contributed by atoms with Crippen molar-refractivity contribution in [3.8, 4) is 5.75 Å². The highest BCUT2D eigenvalue weighted by Crippen LogP contribution is 2.13. The normalized spacial score (nSPS) is 14.4. The van der Waals surface area contributed by atoms with E-state index in [2.05, 4.69) is 16.0 Å². The lowest BCUT2D eigenvalue weighted by molar-refractivity contribution is -0.142. The van der Waals surface area contributed by atoms with E-state index in [4.69, 9.17) is 5.73 Å². The van der Waals surface area contributed by atoms with Crippen molar-refractivity contribution in [3.05, 3.63) is 29.8 Å². The summed E-state index contributed by atoms with van der Waals surface area (Å²) in [5, 5.41) is 26.9. The minimum atomic E-state index is -1.17. The van der Waals surface area contributed by atoms with Crippen LogP contribution < -0.4 is 21.7 Å². The summed E-state index contributed by atoms with van der Waals surface area (Å²) in [6.45, 7) is 3.52. The van der Waals surface area contributed by atoms with E-state index in [0.29, 0.717) is 23.5 Å². The molecule has 0 saturated heterocycles. The molecular weight excluding hydrogens is 504 g/mol. The number of amides is 3. The summed E-state index contributed by atoms with van der Waals surface area (Å²) in [5.41, 5.74) is 6.59. The van der Waals surface area contributed by atoms with Crippen molar-refractivity contribution in [2.24, 2.45) is 11.7 Å². The Balaban J connectivity index is 3.08. The van der Waals surface area contributed by atoms with Gasteiger partial charge < -0.3 is 31.9 Å². The van der Waals surface area contributed by atoms with Crippen LogP contribution in [0.2, 0.25) is 0 Å². The molecule has 0 saturated carbocycles. The van der Waals surface area contributed by atoms with E-state index in [9.17, 15) is 29.4 Å². The van der Waals surface area contributed by atoms with Crippen LogP contribution in [0.25, 0.3) is 0 Å². The van der Waals surface area contributed by atoms with Crippen LogP contribution in [0.5, 0.6) is 5.75 Å². The molecule has 1 aromatic carbocycles. The fraction of sp³-hybridized carbons (Fsp3) is 0.583. The third-order valence-electron chi connectivity index (χ3n) is 5.45. The van der Waals surface area contributed by atoms with Gasteiger partial charge in [0.15, 0.2) is 0 Å². The number of hydrogen-bond acceptors (Lipinski definition) is 8. The maximum Gasteiger partial charge on any atom is 0.326 e. The highest BCUT2D eigenvalue weighted by Gasteiger charge is 2.31. The van der Waals surface area contributed by atoms with E-state index in [1.165, 1.54) is 23.9 Å². The van der Waals surface area contributed by atoms with Crippen LogP contribution in [-0.2, 0) is 25.6 Å². The molecule has 10 nitrogen and oxygen atoms in total. The van der Waals surface area contributed by atoms with Crippen LogP contribution in [0, 0.1) is 5.92 Å². The summed E-state index contributed by atoms with van der Waals surface area (Å²) < 4.78 is 0. The first-order valence-electron chi connectivity index (χ1n) is 11.6. The molecule has 4 unspecified atom stereocenters. The monoisotopic (exact) mass is 542 g/mol. The first kappa shape index (κ1) is 31.6. The smallest absolute Gasteiger partial charge is 0.326 e. The van der Waals surface area contributed by atoms with Crippen molar-refractivity contribution in [1.29, 1.82) is 0 Å². The number of carbonyl (C=O) groups is 4. The second kappa shape index (κ2) is 16.3. The van der Waals surface area contributed by atoms with Gasteiger partial charge in [-0.2, -0.15) is 23.5 Å². The molecule has 0 heterocycles. The molecule has 0 fully saturated rings. The minimum absolute atomic E-state index is 0.0483. The molecule has 4 atom stereocenters. The lowest BCUT2D eigenvalue weighted by Gasteiger charge is -2.27. The number of thioether (sulfide) groups is 2. The van der Waals surface area contributed by atoms with Crippen molar-refractivity contribution in [3.63, 3.8) is 0 Å². The first-order chi connectivity index (χ1) is 17.0. The molecule has 0 spiro atoms. The van der Waals surface area contributed by atoms with Crippen LogP contribution in [0.15, 0.2) is 24.3 Å². The molecular formula is C24H38N4O6S2. The number of aliphatic carboxylic acids is 1. The molecule has 202 valence electrons. The molecule has 36 heavy (non-hydrogen) atoms. The SMILES string of the molecule is CSCCC(N)C(=O)NC(C(=O)NC(Cc1ccc(O)cc1)C(=O)NC(CCSC)C(=O)O)C(C)C. The standard InChI is InChI=1S/C24H38N4O6S2/c1-14(2)20(28-21(30)17(25)9-11-35-3)23(32)27-19(13-15-5-7-16(29)8-6-15)22(31)26-18(24(33)34)10-12-36-4/h5-8,14,17-20,29H,9-13,25H2,1-4H3,(H,26,31)(H,27,32)(H,28,30)(H,33,34). The zero-order chi connectivity index (χ0) is 27.3. The van der Waals surface area contributed by atoms with Gasteiger partial charge in [-0.25, -0.2) is 4.79 Å². The molecule has 3 amide bonds. The Labute approximate surface area is 220 Å². The van der Waals surface area contributed by atoms with Gasteiger partial charge in [0, 0.05) is 6.42 Å². The van der Waals surface area contributed by atoms with Gasteiger partial charge in [-0.15, -0.1) is 0 Å². The van der Waals surface area contributed by atoms with Crippen molar-refractivity contribution < 1.29 is 29.4 Å². The largest absolute Gasteiger partial charge is 0.508 e. The number of benzene rings is 1. The van der Waals surface area contributed by atoms with Crippen molar-refractivity contribution in [1.82, 2.24) is 16.0 Å². The second-order valence-electron chi connectivity index (χ2n) is 8.73. The quantitative estimate of drug-likeness (QED) is 0.178. The minimum Gasteiger partial charge on any atom is -0.508 e. The number of nitrogens with two attached hydrogens (primary N) is 1. The number of phenolic OH excluding ortho intramolecular Hbond substituents is 1. The summed E-state index contributed by atoms with van der Waals surface area (Å²) in [6, 6.07) is 2.19. The van der Waals surface area contributed by atoms with Crippen molar-refractivity contribution in [2.45, 2.75) is 57.3 Å². The van der Waals surface area contributed by atoms with Gasteiger partial charge in [0.1, 0.15) is 23.9 Å². The third-order valence-corrected chi connectivity index (χ3v) is 6.74. The highest BCUT2D eigenvalue weighted by molar-refractivity contribution is 7.98. The lowest BCUT2D eigenvalue weighted by Crippen LogP contribution is -2.59. The third kappa shape index (κ3) is 11.1. The molecule has 0 bridgehead atoms. The summed E-state index contributed by atoms with van der Waals surface area (Å²) in [7, 11) is 0. The second-order valence-corrected chi connectivity index (χ2v) is 10.7. The van der Waals surface area contributed by atoms with Gasteiger partial charge in [-0.1, -0.05) is 26.0 Å². The zero-order valence-corrected chi connectivity index (χ0v) is 22.8. The number of nitrogens with one attached hydrogen (secondary N) is 3. The molecule has 0 aliphatic carbocycles. The summed E-state index contributed by atoms with van der Waals surface area (Å²) in [5.74, 6) is -1.88. The van der Waals surface area contributed by atoms with Gasteiger partial charge in [0.05, 0.1) is 6.04 Å².